The summed E-state index contributed by atoms with van der Waals surface area (Å²) in [5.74, 6) is 0.863. The van der Waals surface area contributed by atoms with Crippen molar-refractivity contribution >= 4 is 11.3 Å². The molecule has 0 saturated carbocycles. The van der Waals surface area contributed by atoms with Gasteiger partial charge in [-0.3, -0.25) is 0 Å². The van der Waals surface area contributed by atoms with Gasteiger partial charge in [0, 0.05) is 11.4 Å². The summed E-state index contributed by atoms with van der Waals surface area (Å²) >= 11 is 1.65. The molecule has 0 aliphatic rings. The SMILES string of the molecule is CC(C)NCCCc1csc(-c2ccco2)n1. The van der Waals surface area contributed by atoms with Gasteiger partial charge in [-0.15, -0.1) is 11.3 Å². The summed E-state index contributed by atoms with van der Waals surface area (Å²) in [6.07, 6.45) is 3.83. The number of hydrogen-bond donors (Lipinski definition) is 1. The molecule has 0 amide bonds. The average molecular weight is 250 g/mol. The molecule has 4 heteroatoms. The van der Waals surface area contributed by atoms with Crippen LogP contribution in [0.1, 0.15) is 26.0 Å². The van der Waals surface area contributed by atoms with Crippen LogP contribution in [0.25, 0.3) is 10.8 Å². The topological polar surface area (TPSA) is 38.1 Å². The summed E-state index contributed by atoms with van der Waals surface area (Å²) in [5, 5.41) is 6.50. The van der Waals surface area contributed by atoms with Crippen molar-refractivity contribution in [2.75, 3.05) is 6.54 Å². The van der Waals surface area contributed by atoms with E-state index in [1.165, 1.54) is 0 Å². The first-order chi connectivity index (χ1) is 8.25. The molecule has 0 bridgehead atoms. The third-order valence-electron chi connectivity index (χ3n) is 2.45. The molecule has 0 spiro atoms. The Morgan fingerprint density at radius 3 is 3.06 bits per heavy atom. The molecular weight excluding hydrogens is 232 g/mol. The molecule has 2 aromatic heterocycles. The Kier molecular flexibility index (Phi) is 4.34. The third kappa shape index (κ3) is 3.68. The Labute approximate surface area is 106 Å². The van der Waals surface area contributed by atoms with Gasteiger partial charge in [0.25, 0.3) is 0 Å². The van der Waals surface area contributed by atoms with E-state index >= 15 is 0 Å². The molecule has 2 rings (SSSR count). The van der Waals surface area contributed by atoms with E-state index in [1.54, 1.807) is 17.6 Å². The van der Waals surface area contributed by atoms with E-state index in [4.69, 9.17) is 4.42 Å². The van der Waals surface area contributed by atoms with E-state index in [-0.39, 0.29) is 0 Å². The lowest BCUT2D eigenvalue weighted by molar-refractivity contribution is 0.568. The van der Waals surface area contributed by atoms with Gasteiger partial charge in [-0.05, 0) is 31.5 Å². The predicted octanol–water partition coefficient (Wildman–Crippen LogP) is 3.33. The molecule has 0 aliphatic carbocycles. The Hall–Kier alpha value is -1.13. The molecule has 92 valence electrons. The summed E-state index contributed by atoms with van der Waals surface area (Å²) in [6, 6.07) is 4.40. The molecule has 0 aliphatic heterocycles. The van der Waals surface area contributed by atoms with Gasteiger partial charge in [0.05, 0.1) is 12.0 Å². The number of nitrogens with one attached hydrogen (secondary N) is 1. The fraction of sp³-hybridized carbons (Fsp3) is 0.462. The number of nitrogens with zero attached hydrogens (tertiary/aromatic N) is 1. The zero-order valence-electron chi connectivity index (χ0n) is 10.3. The van der Waals surface area contributed by atoms with Gasteiger partial charge >= 0.3 is 0 Å². The van der Waals surface area contributed by atoms with E-state index < -0.39 is 0 Å². The third-order valence-corrected chi connectivity index (χ3v) is 3.35. The molecule has 2 heterocycles. The number of thiazole rings is 1. The number of hydrogen-bond acceptors (Lipinski definition) is 4. The number of rotatable bonds is 6. The lowest BCUT2D eigenvalue weighted by Crippen LogP contribution is -2.23. The normalized spacial score (nSPS) is 11.2. The summed E-state index contributed by atoms with van der Waals surface area (Å²) in [7, 11) is 0. The number of aryl methyl sites for hydroxylation is 1. The van der Waals surface area contributed by atoms with Crippen molar-refractivity contribution in [2.24, 2.45) is 0 Å². The molecular formula is C13H18N2OS. The van der Waals surface area contributed by atoms with Crippen molar-refractivity contribution in [1.29, 1.82) is 0 Å². The Balaban J connectivity index is 1.83. The maximum absolute atomic E-state index is 5.33. The highest BCUT2D eigenvalue weighted by atomic mass is 32.1. The maximum atomic E-state index is 5.33. The zero-order chi connectivity index (χ0) is 12.1. The molecule has 0 aromatic carbocycles. The number of furan rings is 1. The van der Waals surface area contributed by atoms with Crippen LogP contribution in [0.4, 0.5) is 0 Å². The lowest BCUT2D eigenvalue weighted by atomic mass is 10.2. The minimum atomic E-state index is 0.559. The standard InChI is InChI=1S/C13H18N2OS/c1-10(2)14-7-3-5-11-9-17-13(15-11)12-6-4-8-16-12/h4,6,8-10,14H,3,5,7H2,1-2H3. The van der Waals surface area contributed by atoms with Crippen LogP contribution in [0.15, 0.2) is 28.2 Å². The Morgan fingerprint density at radius 1 is 1.47 bits per heavy atom. The fourth-order valence-corrected chi connectivity index (χ4v) is 2.42. The van der Waals surface area contributed by atoms with Gasteiger partial charge in [-0.2, -0.15) is 0 Å². The highest BCUT2D eigenvalue weighted by molar-refractivity contribution is 7.13. The molecule has 0 radical (unpaired) electrons. The maximum Gasteiger partial charge on any atom is 0.162 e. The summed E-state index contributed by atoms with van der Waals surface area (Å²) in [4.78, 5) is 4.57. The molecule has 0 saturated heterocycles. The Morgan fingerprint density at radius 2 is 2.35 bits per heavy atom. The second-order valence-electron chi connectivity index (χ2n) is 4.33. The van der Waals surface area contributed by atoms with E-state index in [1.807, 2.05) is 12.1 Å². The highest BCUT2D eigenvalue weighted by Crippen LogP contribution is 2.24. The van der Waals surface area contributed by atoms with Gasteiger partial charge in [0.2, 0.25) is 0 Å². The van der Waals surface area contributed by atoms with Crippen LogP contribution < -0.4 is 5.32 Å². The highest BCUT2D eigenvalue weighted by Gasteiger charge is 2.06. The molecule has 0 atom stereocenters. The first-order valence-corrected chi connectivity index (χ1v) is 6.85. The van der Waals surface area contributed by atoms with Crippen molar-refractivity contribution in [3.05, 3.63) is 29.5 Å². The van der Waals surface area contributed by atoms with Crippen LogP contribution in [0.3, 0.4) is 0 Å². The number of aromatic nitrogens is 1. The summed E-state index contributed by atoms with van der Waals surface area (Å²) < 4.78 is 5.33. The zero-order valence-corrected chi connectivity index (χ0v) is 11.1. The first-order valence-electron chi connectivity index (χ1n) is 5.97. The minimum absolute atomic E-state index is 0.559. The van der Waals surface area contributed by atoms with Crippen LogP contribution in [0.5, 0.6) is 0 Å². The first kappa shape index (κ1) is 12.3. The molecule has 0 fully saturated rings. The largest absolute Gasteiger partial charge is 0.462 e. The van der Waals surface area contributed by atoms with Gasteiger partial charge in [0.1, 0.15) is 0 Å². The second kappa shape index (κ2) is 5.98. The van der Waals surface area contributed by atoms with Crippen LogP contribution in [-0.2, 0) is 6.42 Å². The monoisotopic (exact) mass is 250 g/mol. The van der Waals surface area contributed by atoms with E-state index in [9.17, 15) is 0 Å². The van der Waals surface area contributed by atoms with Crippen LogP contribution >= 0.6 is 11.3 Å². The lowest BCUT2D eigenvalue weighted by Gasteiger charge is -2.06. The van der Waals surface area contributed by atoms with Crippen LogP contribution in [0, 0.1) is 0 Å². The fourth-order valence-electron chi connectivity index (χ4n) is 1.60. The molecule has 17 heavy (non-hydrogen) atoms. The second-order valence-corrected chi connectivity index (χ2v) is 5.19. The quantitative estimate of drug-likeness (QED) is 0.799. The van der Waals surface area contributed by atoms with Gasteiger partial charge in [-0.25, -0.2) is 4.98 Å². The molecule has 2 aromatic rings. The van der Waals surface area contributed by atoms with Crippen molar-refractivity contribution in [2.45, 2.75) is 32.7 Å². The van der Waals surface area contributed by atoms with Crippen molar-refractivity contribution in [3.63, 3.8) is 0 Å². The Bertz CT molecular complexity index is 434. The van der Waals surface area contributed by atoms with E-state index in [0.29, 0.717) is 6.04 Å². The van der Waals surface area contributed by atoms with E-state index in [0.717, 1.165) is 35.8 Å². The van der Waals surface area contributed by atoms with E-state index in [2.05, 4.69) is 29.5 Å². The van der Waals surface area contributed by atoms with Crippen LogP contribution in [0.2, 0.25) is 0 Å². The molecule has 1 N–H and O–H groups in total. The van der Waals surface area contributed by atoms with Crippen molar-refractivity contribution in [1.82, 2.24) is 10.3 Å². The van der Waals surface area contributed by atoms with Crippen molar-refractivity contribution in [3.8, 4) is 10.8 Å². The van der Waals surface area contributed by atoms with Gasteiger partial charge in [0.15, 0.2) is 10.8 Å². The van der Waals surface area contributed by atoms with Crippen molar-refractivity contribution < 1.29 is 4.42 Å². The van der Waals surface area contributed by atoms with Crippen LogP contribution in [-0.4, -0.2) is 17.6 Å². The average Bonchev–Trinajstić information content (AvgIpc) is 2.94. The molecule has 3 nitrogen and oxygen atoms in total. The molecule has 0 unspecified atom stereocenters. The van der Waals surface area contributed by atoms with Gasteiger partial charge < -0.3 is 9.73 Å². The predicted molar refractivity (Wildman–Crippen MR) is 71.3 cm³/mol. The summed E-state index contributed by atoms with van der Waals surface area (Å²) in [5.41, 5.74) is 1.16. The minimum Gasteiger partial charge on any atom is -0.462 e. The smallest absolute Gasteiger partial charge is 0.162 e. The summed E-state index contributed by atoms with van der Waals surface area (Å²) in [6.45, 7) is 5.38. The van der Waals surface area contributed by atoms with Gasteiger partial charge in [-0.1, -0.05) is 13.8 Å².